The van der Waals surface area contributed by atoms with Crippen molar-refractivity contribution in [1.29, 1.82) is 0 Å². The van der Waals surface area contributed by atoms with Crippen molar-refractivity contribution in [2.45, 2.75) is 167 Å². The van der Waals surface area contributed by atoms with Gasteiger partial charge in [0.25, 0.3) is 0 Å². The molecule has 2 heterocycles. The first-order chi connectivity index (χ1) is 25.5. The van der Waals surface area contributed by atoms with Crippen LogP contribution in [0.2, 0.25) is 0 Å². The van der Waals surface area contributed by atoms with Crippen molar-refractivity contribution in [1.82, 2.24) is 0 Å². The number of Topliss-reactive ketones (excluding diaryl/α,β-unsaturated/α-hetero) is 2. The van der Waals surface area contributed by atoms with E-state index in [2.05, 4.69) is 0 Å². The van der Waals surface area contributed by atoms with Gasteiger partial charge in [0.05, 0.1) is 71.9 Å². The van der Waals surface area contributed by atoms with Gasteiger partial charge in [0.15, 0.2) is 5.78 Å². The molecule has 0 spiro atoms. The van der Waals surface area contributed by atoms with Crippen LogP contribution in [0, 0.1) is 139 Å². The molecule has 6 fully saturated rings. The van der Waals surface area contributed by atoms with Gasteiger partial charge in [0.1, 0.15) is 23.1 Å². The molecule has 2 radical (unpaired) electrons. The number of ketones is 2. The molecule has 2 aliphatic heterocycles. The van der Waals surface area contributed by atoms with E-state index in [9.17, 15) is 55.5 Å². The second-order valence-corrected chi connectivity index (χ2v) is 20.8. The average molecular weight is 1240 g/mol. The van der Waals surface area contributed by atoms with Crippen molar-refractivity contribution < 1.29 is 153 Å². The van der Waals surface area contributed by atoms with Crippen molar-refractivity contribution >= 4 is 11.6 Å². The van der Waals surface area contributed by atoms with E-state index in [4.69, 9.17) is 9.47 Å². The third-order valence-electron chi connectivity index (χ3n) is 18.1. The normalized spacial score (nSPS) is 53.7. The van der Waals surface area contributed by atoms with E-state index in [1.165, 1.54) is 0 Å². The zero-order valence-corrected chi connectivity index (χ0v) is 45.5. The van der Waals surface area contributed by atoms with Gasteiger partial charge in [-0.05, 0) is 61.8 Å². The average Bonchev–Trinajstić information content (AvgIpc) is 3.10. The Labute approximate surface area is 413 Å². The Kier molecular flexibility index (Phi) is 13.4. The summed E-state index contributed by atoms with van der Waals surface area (Å²) in [5.74, 6) is -3.97. The summed E-state index contributed by atoms with van der Waals surface area (Å²) in [6.45, 7) is 19.8. The summed E-state index contributed by atoms with van der Waals surface area (Å²) >= 11 is 0. The third kappa shape index (κ3) is 6.04. The van der Waals surface area contributed by atoms with Gasteiger partial charge in [0.2, 0.25) is 0 Å². The SMILES string of the molecule is CC1=C2C(O)C(=O)[C@]3(C)C(O)CC4OC[C@@]4(O)C3C(C)C(O)(CC1O)C2(C)C.CC1=C2[C@@H](C)C(=O)[C@]3(C)C(O)CC4OC[C@@]4(O)C3C(C)C(O)(CC1O)C2(C)C.[Ac].[Ac]. The molecule has 58 heavy (non-hydrogen) atoms. The zero-order valence-electron chi connectivity index (χ0n) is 36.0. The standard InChI is InChI=1S/C22H34O6.C21H32O7.2Ac/c1-10-13(23)8-22(27)12(3)17-20(6,14(24)7-15-21(17,26)9-28-15)18(25)11(2)16(10)19(22,4)5;1-9-11(22)7-21(27)10(2)16-19(5,12(23)6-13-20(16,26)8-28-13)17(25)15(24)14(9)18(21,3)4;;/h11-15,17,23-24,26-27H,7-9H2,1-6H3;10-13,15-16,22-24,26-27H,6-8H2,1-5H3;;/t11-,12?,13?,14?,15?,17?,20-,21+,22?;10?,11?,12?,13?,15?,16?,19-,20+,21?;;/m11../s1. The van der Waals surface area contributed by atoms with Crippen molar-refractivity contribution in [3.63, 3.8) is 0 Å². The van der Waals surface area contributed by atoms with Crippen molar-refractivity contribution in [3.05, 3.63) is 22.3 Å². The number of aliphatic hydroxyl groups is 9. The molecule has 6 aliphatic carbocycles. The molecule has 0 aromatic heterocycles. The Hall–Kier alpha value is 1.26. The smallest absolute Gasteiger partial charge is 0.174 e. The van der Waals surface area contributed by atoms with E-state index in [-0.39, 0.29) is 133 Å². The summed E-state index contributed by atoms with van der Waals surface area (Å²) in [6.07, 6.45) is -6.19. The number of hydrogen-bond donors (Lipinski definition) is 9. The van der Waals surface area contributed by atoms with E-state index < -0.39 is 122 Å². The molecule has 2 saturated heterocycles. The maximum atomic E-state index is 13.9. The van der Waals surface area contributed by atoms with Gasteiger partial charge >= 0.3 is 0 Å². The largest absolute Gasteiger partial charge is 0.392 e. The van der Waals surface area contributed by atoms with E-state index >= 15 is 0 Å². The number of aliphatic hydroxyl groups excluding tert-OH is 5. The molecule has 15 heteroatoms. The van der Waals surface area contributed by atoms with E-state index in [0.29, 0.717) is 11.1 Å². The van der Waals surface area contributed by atoms with E-state index in [1.807, 2.05) is 27.7 Å². The van der Waals surface area contributed by atoms with Gasteiger partial charge in [0, 0.05) is 142 Å². The minimum absolute atomic E-state index is 0. The first kappa shape index (κ1) is 50.3. The predicted molar refractivity (Wildman–Crippen MR) is 201 cm³/mol. The van der Waals surface area contributed by atoms with E-state index in [0.717, 1.165) is 11.1 Å². The topological polar surface area (TPSA) is 235 Å². The Bertz CT molecular complexity index is 1660. The van der Waals surface area contributed by atoms with Crippen LogP contribution < -0.4 is 0 Å². The summed E-state index contributed by atoms with van der Waals surface area (Å²) in [4.78, 5) is 27.5. The number of fused-ring (bicyclic) bond motifs is 10. The number of carbonyl (C=O) groups excluding carboxylic acids is 2. The van der Waals surface area contributed by atoms with Crippen LogP contribution in [0.15, 0.2) is 22.3 Å². The molecule has 18 atom stereocenters. The van der Waals surface area contributed by atoms with Gasteiger partial charge in [-0.15, -0.1) is 0 Å². The molecule has 0 aromatic rings. The van der Waals surface area contributed by atoms with Crippen LogP contribution >= 0.6 is 0 Å². The Balaban J connectivity index is 0.000000214. The monoisotopic (exact) mass is 1240 g/mol. The minimum Gasteiger partial charge on any atom is -0.392 e. The molecule has 322 valence electrons. The van der Waals surface area contributed by atoms with Crippen LogP contribution in [0.1, 0.15) is 102 Å². The number of carbonyl (C=O) groups is 2. The molecular formula is C43H66Ac2O13. The molecule has 0 aromatic carbocycles. The van der Waals surface area contributed by atoms with Crippen molar-refractivity contribution in [2.24, 2.45) is 51.2 Å². The Morgan fingerprint density at radius 2 is 0.914 bits per heavy atom. The first-order valence-electron chi connectivity index (χ1n) is 20.5. The van der Waals surface area contributed by atoms with Gasteiger partial charge in [-0.25, -0.2) is 0 Å². The Morgan fingerprint density at radius 3 is 1.28 bits per heavy atom. The Morgan fingerprint density at radius 1 is 0.569 bits per heavy atom. The van der Waals surface area contributed by atoms with Crippen molar-refractivity contribution in [2.75, 3.05) is 13.2 Å². The fraction of sp³-hybridized carbons (Fsp3) is 0.860. The molecular weight excluding hydrogens is 1180 g/mol. The maximum Gasteiger partial charge on any atom is 0.174 e. The number of hydrogen-bond acceptors (Lipinski definition) is 13. The minimum atomic E-state index is -1.58. The zero-order chi connectivity index (χ0) is 42.0. The second-order valence-electron chi connectivity index (χ2n) is 20.8. The molecule has 9 N–H and O–H groups in total. The van der Waals surface area contributed by atoms with Crippen LogP contribution in [0.25, 0.3) is 0 Å². The number of rotatable bonds is 0. The fourth-order valence-corrected chi connectivity index (χ4v) is 14.5. The molecule has 13 unspecified atom stereocenters. The maximum absolute atomic E-state index is 13.9. The van der Waals surface area contributed by atoms with Crippen LogP contribution in [-0.4, -0.2) is 136 Å². The summed E-state index contributed by atoms with van der Waals surface area (Å²) in [5, 5.41) is 101. The molecule has 4 bridgehead atoms. The molecule has 0 amide bonds. The predicted octanol–water partition coefficient (Wildman–Crippen LogP) is 1.12. The van der Waals surface area contributed by atoms with Gasteiger partial charge in [-0.1, -0.05) is 48.5 Å². The fourth-order valence-electron chi connectivity index (χ4n) is 14.5. The van der Waals surface area contributed by atoms with Crippen LogP contribution in [-0.2, 0) is 19.1 Å². The second kappa shape index (κ2) is 15.4. The summed E-state index contributed by atoms with van der Waals surface area (Å²) in [7, 11) is 0. The van der Waals surface area contributed by atoms with E-state index in [1.54, 1.807) is 48.5 Å². The van der Waals surface area contributed by atoms with Gasteiger partial charge in [-0.3, -0.25) is 9.59 Å². The quantitative estimate of drug-likeness (QED) is 0.155. The van der Waals surface area contributed by atoms with Gasteiger partial charge < -0.3 is 55.4 Å². The molecule has 13 nitrogen and oxygen atoms in total. The van der Waals surface area contributed by atoms with Crippen LogP contribution in [0.3, 0.4) is 0 Å². The summed E-state index contributed by atoms with van der Waals surface area (Å²) < 4.78 is 11.0. The summed E-state index contributed by atoms with van der Waals surface area (Å²) in [5.41, 5.74) is -7.61. The molecule has 8 aliphatic rings. The summed E-state index contributed by atoms with van der Waals surface area (Å²) in [6, 6.07) is 0. The van der Waals surface area contributed by atoms with Gasteiger partial charge in [-0.2, -0.15) is 0 Å². The van der Waals surface area contributed by atoms with Crippen molar-refractivity contribution in [3.8, 4) is 0 Å². The van der Waals surface area contributed by atoms with Crippen LogP contribution in [0.4, 0.5) is 0 Å². The number of ether oxygens (including phenoxy) is 2. The molecule has 4 saturated carbocycles. The third-order valence-corrected chi connectivity index (χ3v) is 18.1. The van der Waals surface area contributed by atoms with Crippen LogP contribution in [0.5, 0.6) is 0 Å². The first-order valence-corrected chi connectivity index (χ1v) is 20.5. The molecule has 8 rings (SSSR count).